The van der Waals surface area contributed by atoms with E-state index in [4.69, 9.17) is 9.57 Å². The molecule has 2 N–H and O–H groups in total. The van der Waals surface area contributed by atoms with Crippen molar-refractivity contribution in [3.8, 4) is 11.5 Å². The van der Waals surface area contributed by atoms with Gasteiger partial charge in [0.2, 0.25) is 0 Å². The number of hydrogen-bond donors (Lipinski definition) is 2. The lowest BCUT2D eigenvalue weighted by atomic mass is 10.00. The SMILES string of the molecule is O=C1OCC/C=C/CC/C=C/C(=NOCC(=O)N2CCCCC2)Cc2cc(O)cc(O)c21. The van der Waals surface area contributed by atoms with Crippen molar-refractivity contribution in [1.29, 1.82) is 0 Å². The molecule has 1 amide bonds. The second kappa shape index (κ2) is 11.9. The Morgan fingerprint density at radius 3 is 2.62 bits per heavy atom. The number of rotatable bonds is 3. The number of carbonyl (C=O) groups is 2. The summed E-state index contributed by atoms with van der Waals surface area (Å²) in [7, 11) is 0. The topological polar surface area (TPSA) is 109 Å². The number of fused-ring (bicyclic) bond motifs is 1. The van der Waals surface area contributed by atoms with E-state index >= 15 is 0 Å². The Morgan fingerprint density at radius 2 is 1.81 bits per heavy atom. The quantitative estimate of drug-likeness (QED) is 0.421. The van der Waals surface area contributed by atoms with Gasteiger partial charge in [-0.3, -0.25) is 4.79 Å². The van der Waals surface area contributed by atoms with E-state index in [0.717, 1.165) is 51.3 Å². The Kier molecular flexibility index (Phi) is 8.71. The molecule has 0 atom stereocenters. The molecule has 2 heterocycles. The maximum atomic E-state index is 12.6. The van der Waals surface area contributed by atoms with E-state index in [9.17, 15) is 19.8 Å². The van der Waals surface area contributed by atoms with Crippen LogP contribution in [0, 0.1) is 0 Å². The fourth-order valence-electron chi connectivity index (χ4n) is 3.71. The molecule has 0 bridgehead atoms. The van der Waals surface area contributed by atoms with Gasteiger partial charge in [0, 0.05) is 25.6 Å². The van der Waals surface area contributed by atoms with Gasteiger partial charge in [-0.1, -0.05) is 23.4 Å². The molecule has 0 spiro atoms. The fourth-order valence-corrected chi connectivity index (χ4v) is 3.71. The van der Waals surface area contributed by atoms with E-state index in [2.05, 4.69) is 5.16 Å². The van der Waals surface area contributed by atoms with Gasteiger partial charge >= 0.3 is 5.97 Å². The second-order valence-corrected chi connectivity index (χ2v) is 7.85. The molecule has 3 rings (SSSR count). The minimum atomic E-state index is -0.674. The molecular weight excluding hydrogens is 412 g/mol. The predicted octanol–water partition coefficient (Wildman–Crippen LogP) is 3.48. The van der Waals surface area contributed by atoms with Crippen molar-refractivity contribution in [2.45, 2.75) is 44.9 Å². The van der Waals surface area contributed by atoms with Crippen molar-refractivity contribution in [3.63, 3.8) is 0 Å². The van der Waals surface area contributed by atoms with Crippen LogP contribution in [0.25, 0.3) is 0 Å². The fraction of sp³-hybridized carbons (Fsp3) is 0.458. The molecule has 1 fully saturated rings. The van der Waals surface area contributed by atoms with E-state index < -0.39 is 5.97 Å². The Bertz CT molecular complexity index is 900. The molecule has 0 aromatic heterocycles. The number of esters is 1. The van der Waals surface area contributed by atoms with Crippen LogP contribution in [0.1, 0.15) is 54.4 Å². The minimum Gasteiger partial charge on any atom is -0.508 e. The molecule has 0 unspecified atom stereocenters. The number of aromatic hydroxyl groups is 2. The highest BCUT2D eigenvalue weighted by atomic mass is 16.6. The lowest BCUT2D eigenvalue weighted by Crippen LogP contribution is -2.37. The largest absolute Gasteiger partial charge is 0.508 e. The smallest absolute Gasteiger partial charge is 0.342 e. The predicted molar refractivity (Wildman–Crippen MR) is 120 cm³/mol. The van der Waals surface area contributed by atoms with Crippen LogP contribution in [-0.2, 0) is 20.8 Å². The van der Waals surface area contributed by atoms with Crippen LogP contribution >= 0.6 is 0 Å². The van der Waals surface area contributed by atoms with E-state index in [1.54, 1.807) is 11.0 Å². The first-order valence-corrected chi connectivity index (χ1v) is 11.0. The van der Waals surface area contributed by atoms with Crippen molar-refractivity contribution in [3.05, 3.63) is 47.6 Å². The van der Waals surface area contributed by atoms with E-state index in [1.807, 2.05) is 18.2 Å². The van der Waals surface area contributed by atoms with Crippen molar-refractivity contribution in [1.82, 2.24) is 4.90 Å². The molecule has 172 valence electrons. The van der Waals surface area contributed by atoms with Crippen molar-refractivity contribution in [2.75, 3.05) is 26.3 Å². The molecule has 1 aromatic carbocycles. The number of cyclic esters (lactones) is 1. The number of phenols is 2. The van der Waals surface area contributed by atoms with Crippen molar-refractivity contribution < 1.29 is 29.4 Å². The molecule has 2 aliphatic rings. The zero-order chi connectivity index (χ0) is 22.8. The number of phenolic OH excluding ortho intramolecular Hbond substituents is 2. The molecule has 0 aliphatic carbocycles. The van der Waals surface area contributed by atoms with Gasteiger partial charge in [-0.15, -0.1) is 0 Å². The van der Waals surface area contributed by atoms with Gasteiger partial charge in [0.25, 0.3) is 5.91 Å². The standard InChI is InChI=1S/C24H30N2O6/c27-20-15-18-14-19(25-32-17-22(29)26-11-7-5-8-12-26)10-6-3-1-2-4-9-13-31-24(30)23(18)21(28)16-20/h2,4,6,10,15-16,27-28H,1,3,5,7-9,11-14,17H2/b4-2+,10-6+,25-19?. The van der Waals surface area contributed by atoms with E-state index in [0.29, 0.717) is 17.7 Å². The summed E-state index contributed by atoms with van der Waals surface area (Å²) in [6.07, 6.45) is 13.1. The van der Waals surface area contributed by atoms with Crippen LogP contribution in [0.3, 0.4) is 0 Å². The average Bonchev–Trinajstić information content (AvgIpc) is 2.77. The number of ether oxygens (including phenoxy) is 1. The summed E-state index contributed by atoms with van der Waals surface area (Å²) in [6, 6.07) is 2.49. The number of oxime groups is 1. The highest BCUT2D eigenvalue weighted by Crippen LogP contribution is 2.29. The van der Waals surface area contributed by atoms with E-state index in [1.165, 1.54) is 6.07 Å². The van der Waals surface area contributed by atoms with Gasteiger partial charge in [0.1, 0.15) is 17.1 Å². The number of allylic oxidation sites excluding steroid dienone is 3. The zero-order valence-electron chi connectivity index (χ0n) is 18.2. The van der Waals surface area contributed by atoms with Gasteiger partial charge in [0.05, 0.1) is 12.3 Å². The first kappa shape index (κ1) is 23.4. The maximum absolute atomic E-state index is 12.6. The van der Waals surface area contributed by atoms with Crippen LogP contribution in [0.5, 0.6) is 11.5 Å². The third-order valence-electron chi connectivity index (χ3n) is 5.33. The molecule has 0 saturated carbocycles. The van der Waals surface area contributed by atoms with Crippen molar-refractivity contribution in [2.24, 2.45) is 5.16 Å². The number of amides is 1. The lowest BCUT2D eigenvalue weighted by molar-refractivity contribution is -0.137. The summed E-state index contributed by atoms with van der Waals surface area (Å²) in [6.45, 7) is 1.49. The van der Waals surface area contributed by atoms with Gasteiger partial charge in [-0.2, -0.15) is 0 Å². The summed E-state index contributed by atoms with van der Waals surface area (Å²) < 4.78 is 5.28. The lowest BCUT2D eigenvalue weighted by Gasteiger charge is -2.26. The normalized spacial score (nSPS) is 21.2. The van der Waals surface area contributed by atoms with Gasteiger partial charge in [-0.05, 0) is 56.2 Å². The summed E-state index contributed by atoms with van der Waals surface area (Å²) in [5, 5.41) is 24.3. The summed E-state index contributed by atoms with van der Waals surface area (Å²) in [5.74, 6) is -1.32. The molecule has 8 nitrogen and oxygen atoms in total. The van der Waals surface area contributed by atoms with E-state index in [-0.39, 0.29) is 42.6 Å². The third-order valence-corrected chi connectivity index (χ3v) is 5.33. The average molecular weight is 443 g/mol. The van der Waals surface area contributed by atoms with Crippen molar-refractivity contribution >= 4 is 17.6 Å². The summed E-state index contributed by atoms with van der Waals surface area (Å²) in [4.78, 5) is 32.0. The van der Waals surface area contributed by atoms with Gasteiger partial charge < -0.3 is 24.7 Å². The number of piperidine rings is 1. The molecule has 2 aliphatic heterocycles. The second-order valence-electron chi connectivity index (χ2n) is 7.85. The molecule has 32 heavy (non-hydrogen) atoms. The summed E-state index contributed by atoms with van der Waals surface area (Å²) >= 11 is 0. The highest BCUT2D eigenvalue weighted by Gasteiger charge is 2.21. The Balaban J connectivity index is 1.80. The number of carbonyl (C=O) groups excluding carboxylic acids is 2. The van der Waals surface area contributed by atoms with Gasteiger partial charge in [0.15, 0.2) is 6.61 Å². The Labute approximate surface area is 187 Å². The minimum absolute atomic E-state index is 0.0191. The first-order valence-electron chi connectivity index (χ1n) is 11.0. The zero-order valence-corrected chi connectivity index (χ0v) is 18.2. The molecule has 0 radical (unpaired) electrons. The van der Waals surface area contributed by atoms with Crippen LogP contribution in [0.2, 0.25) is 0 Å². The molecule has 1 aromatic rings. The number of benzene rings is 1. The summed E-state index contributed by atoms with van der Waals surface area (Å²) in [5.41, 5.74) is 0.792. The Morgan fingerprint density at radius 1 is 1.06 bits per heavy atom. The molecule has 8 heteroatoms. The number of nitrogens with zero attached hydrogens (tertiary/aromatic N) is 2. The molecule has 1 saturated heterocycles. The first-order chi connectivity index (χ1) is 15.5. The maximum Gasteiger partial charge on any atom is 0.342 e. The van der Waals surface area contributed by atoms with Crippen LogP contribution in [0.4, 0.5) is 0 Å². The number of likely N-dealkylation sites (tertiary alicyclic amines) is 1. The third kappa shape index (κ3) is 6.87. The monoisotopic (exact) mass is 442 g/mol. The van der Waals surface area contributed by atoms with Crippen LogP contribution < -0.4 is 0 Å². The van der Waals surface area contributed by atoms with Gasteiger partial charge in [-0.25, -0.2) is 4.79 Å². The van der Waals surface area contributed by atoms with Crippen LogP contribution in [-0.4, -0.2) is 59.0 Å². The number of hydrogen-bond acceptors (Lipinski definition) is 7. The van der Waals surface area contributed by atoms with Crippen LogP contribution in [0.15, 0.2) is 41.6 Å². The Hall–Kier alpha value is -3.29. The highest BCUT2D eigenvalue weighted by molar-refractivity contribution is 6.00. The molecular formula is C24H30N2O6.